The number of hydrogen-bond donors (Lipinski definition) is 1. The Bertz CT molecular complexity index is 552. The molecule has 1 aliphatic carbocycles. The molecule has 3 rings (SSSR count). The van der Waals surface area contributed by atoms with Gasteiger partial charge in [-0.05, 0) is 37.3 Å². The van der Waals surface area contributed by atoms with Crippen LogP contribution in [0.4, 0.5) is 0 Å². The van der Waals surface area contributed by atoms with Crippen molar-refractivity contribution in [1.82, 2.24) is 20.1 Å². The molecule has 0 saturated carbocycles. The molecular formula is C13H16N4OS. The maximum atomic E-state index is 12.4. The van der Waals surface area contributed by atoms with Crippen LogP contribution in [0.5, 0.6) is 0 Å². The summed E-state index contributed by atoms with van der Waals surface area (Å²) >= 11 is 1.65. The lowest BCUT2D eigenvalue weighted by Gasteiger charge is -2.14. The number of fused-ring (bicyclic) bond motifs is 1. The summed E-state index contributed by atoms with van der Waals surface area (Å²) in [4.78, 5) is 20.3. The standard InChI is InChI=1S/C13H16N4OS/c1-17(7-12-14-8-15-16-12)13(18)11-6-9-4-2-3-5-10(9)19-11/h6,8H,2-5,7H2,1H3,(H,14,15,16). The second kappa shape index (κ2) is 5.13. The highest BCUT2D eigenvalue weighted by atomic mass is 32.1. The molecule has 0 bridgehead atoms. The van der Waals surface area contributed by atoms with Crippen molar-refractivity contribution >= 4 is 17.2 Å². The molecule has 2 aromatic rings. The summed E-state index contributed by atoms with van der Waals surface area (Å²) in [7, 11) is 1.80. The number of carbonyl (C=O) groups excluding carboxylic acids is 1. The SMILES string of the molecule is CN(Cc1ncn[nH]1)C(=O)c1cc2c(s1)CCCC2. The molecule has 100 valence electrons. The molecule has 0 unspecified atom stereocenters. The second-order valence-electron chi connectivity index (χ2n) is 4.86. The molecule has 0 atom stereocenters. The van der Waals surface area contributed by atoms with E-state index < -0.39 is 0 Å². The van der Waals surface area contributed by atoms with Crippen LogP contribution in [0.1, 0.15) is 38.8 Å². The van der Waals surface area contributed by atoms with E-state index in [1.165, 1.54) is 29.6 Å². The number of H-pyrrole nitrogens is 1. The normalized spacial score (nSPS) is 14.2. The summed E-state index contributed by atoms with van der Waals surface area (Å²) in [6.45, 7) is 0.460. The molecule has 0 aliphatic heterocycles. The fourth-order valence-corrected chi connectivity index (χ4v) is 3.64. The number of carbonyl (C=O) groups is 1. The van der Waals surface area contributed by atoms with E-state index in [9.17, 15) is 4.79 Å². The maximum absolute atomic E-state index is 12.4. The van der Waals surface area contributed by atoms with Gasteiger partial charge in [-0.25, -0.2) is 4.98 Å². The van der Waals surface area contributed by atoms with Crippen LogP contribution in [-0.2, 0) is 19.4 Å². The molecule has 1 N–H and O–H groups in total. The molecule has 0 spiro atoms. The Morgan fingerprint density at radius 1 is 1.47 bits per heavy atom. The van der Waals surface area contributed by atoms with Crippen molar-refractivity contribution in [1.29, 1.82) is 0 Å². The van der Waals surface area contributed by atoms with Gasteiger partial charge in [0.25, 0.3) is 5.91 Å². The van der Waals surface area contributed by atoms with Crippen molar-refractivity contribution in [3.63, 3.8) is 0 Å². The third-order valence-corrected chi connectivity index (χ3v) is 4.63. The fourth-order valence-electron chi connectivity index (χ4n) is 2.39. The van der Waals surface area contributed by atoms with Crippen molar-refractivity contribution in [2.24, 2.45) is 0 Å². The minimum Gasteiger partial charge on any atom is -0.333 e. The van der Waals surface area contributed by atoms with E-state index in [1.807, 2.05) is 0 Å². The number of rotatable bonds is 3. The lowest BCUT2D eigenvalue weighted by molar-refractivity contribution is 0.0786. The third-order valence-electron chi connectivity index (χ3n) is 3.41. The number of aromatic nitrogens is 3. The van der Waals surface area contributed by atoms with Crippen LogP contribution in [0.15, 0.2) is 12.4 Å². The van der Waals surface area contributed by atoms with E-state index >= 15 is 0 Å². The molecule has 6 heteroatoms. The zero-order valence-corrected chi connectivity index (χ0v) is 11.7. The monoisotopic (exact) mass is 276 g/mol. The Labute approximate surface area is 115 Å². The van der Waals surface area contributed by atoms with Crippen LogP contribution in [0.3, 0.4) is 0 Å². The Balaban J connectivity index is 1.74. The van der Waals surface area contributed by atoms with Crippen molar-refractivity contribution < 1.29 is 4.79 Å². The average Bonchev–Trinajstić information content (AvgIpc) is 3.05. The Morgan fingerprint density at radius 2 is 2.32 bits per heavy atom. The van der Waals surface area contributed by atoms with Crippen LogP contribution in [-0.4, -0.2) is 33.0 Å². The van der Waals surface area contributed by atoms with Gasteiger partial charge in [-0.3, -0.25) is 9.89 Å². The van der Waals surface area contributed by atoms with Crippen LogP contribution >= 0.6 is 11.3 Å². The molecule has 2 heterocycles. The topological polar surface area (TPSA) is 61.9 Å². The molecule has 1 amide bonds. The Kier molecular flexibility index (Phi) is 3.33. The van der Waals surface area contributed by atoms with Crippen molar-refractivity contribution in [3.8, 4) is 0 Å². The summed E-state index contributed by atoms with van der Waals surface area (Å²) in [5.41, 5.74) is 1.37. The molecule has 2 aromatic heterocycles. The number of hydrogen-bond acceptors (Lipinski definition) is 4. The molecule has 0 radical (unpaired) electrons. The van der Waals surface area contributed by atoms with Gasteiger partial charge in [-0.15, -0.1) is 11.3 Å². The first kappa shape index (κ1) is 12.3. The number of nitrogens with one attached hydrogen (secondary N) is 1. The highest BCUT2D eigenvalue weighted by Crippen LogP contribution is 2.30. The fraction of sp³-hybridized carbons (Fsp3) is 0.462. The van der Waals surface area contributed by atoms with Gasteiger partial charge in [0.15, 0.2) is 0 Å². The van der Waals surface area contributed by atoms with Crippen LogP contribution < -0.4 is 0 Å². The van der Waals surface area contributed by atoms with E-state index in [0.717, 1.165) is 17.7 Å². The smallest absolute Gasteiger partial charge is 0.264 e. The quantitative estimate of drug-likeness (QED) is 0.933. The van der Waals surface area contributed by atoms with E-state index in [4.69, 9.17) is 0 Å². The average molecular weight is 276 g/mol. The highest BCUT2D eigenvalue weighted by molar-refractivity contribution is 7.14. The van der Waals surface area contributed by atoms with Gasteiger partial charge in [-0.2, -0.15) is 5.10 Å². The summed E-state index contributed by atoms with van der Waals surface area (Å²) < 4.78 is 0. The third kappa shape index (κ3) is 2.53. The number of thiophene rings is 1. The molecule has 0 fully saturated rings. The number of nitrogens with zero attached hydrogens (tertiary/aromatic N) is 3. The first-order chi connectivity index (χ1) is 9.24. The van der Waals surface area contributed by atoms with Gasteiger partial charge in [0, 0.05) is 11.9 Å². The molecule has 0 aromatic carbocycles. The molecule has 1 aliphatic rings. The molecule has 5 nitrogen and oxygen atoms in total. The van der Waals surface area contributed by atoms with Crippen LogP contribution in [0, 0.1) is 0 Å². The minimum absolute atomic E-state index is 0.0656. The molecule has 19 heavy (non-hydrogen) atoms. The zero-order chi connectivity index (χ0) is 13.2. The van der Waals surface area contributed by atoms with Gasteiger partial charge >= 0.3 is 0 Å². The number of amides is 1. The van der Waals surface area contributed by atoms with Crippen LogP contribution in [0.2, 0.25) is 0 Å². The minimum atomic E-state index is 0.0656. The molecular weight excluding hydrogens is 260 g/mol. The highest BCUT2D eigenvalue weighted by Gasteiger charge is 2.20. The van der Waals surface area contributed by atoms with Crippen molar-refractivity contribution in [2.45, 2.75) is 32.2 Å². The Morgan fingerprint density at radius 3 is 3.05 bits per heavy atom. The van der Waals surface area contributed by atoms with Crippen LogP contribution in [0.25, 0.3) is 0 Å². The van der Waals surface area contributed by atoms with E-state index in [0.29, 0.717) is 12.4 Å². The summed E-state index contributed by atoms with van der Waals surface area (Å²) in [5, 5.41) is 6.56. The van der Waals surface area contributed by atoms with E-state index in [1.54, 1.807) is 23.3 Å². The van der Waals surface area contributed by atoms with Gasteiger partial charge in [0.05, 0.1) is 11.4 Å². The summed E-state index contributed by atoms with van der Waals surface area (Å²) in [6, 6.07) is 2.07. The number of aryl methyl sites for hydroxylation is 2. The number of aromatic amines is 1. The van der Waals surface area contributed by atoms with E-state index in [2.05, 4.69) is 21.2 Å². The summed E-state index contributed by atoms with van der Waals surface area (Å²) in [5.74, 6) is 0.771. The zero-order valence-electron chi connectivity index (χ0n) is 10.8. The predicted octanol–water partition coefficient (Wildman–Crippen LogP) is 2.02. The largest absolute Gasteiger partial charge is 0.333 e. The van der Waals surface area contributed by atoms with Crippen molar-refractivity contribution in [2.75, 3.05) is 7.05 Å². The van der Waals surface area contributed by atoms with Gasteiger partial charge in [0.1, 0.15) is 12.2 Å². The lowest BCUT2D eigenvalue weighted by Crippen LogP contribution is -2.26. The van der Waals surface area contributed by atoms with Gasteiger partial charge < -0.3 is 4.90 Å². The van der Waals surface area contributed by atoms with Gasteiger partial charge in [0.2, 0.25) is 0 Å². The van der Waals surface area contributed by atoms with E-state index in [-0.39, 0.29) is 5.91 Å². The Hall–Kier alpha value is -1.69. The second-order valence-corrected chi connectivity index (χ2v) is 6.00. The molecule has 0 saturated heterocycles. The lowest BCUT2D eigenvalue weighted by atomic mass is 9.99. The maximum Gasteiger partial charge on any atom is 0.264 e. The predicted molar refractivity (Wildman–Crippen MR) is 73.1 cm³/mol. The summed E-state index contributed by atoms with van der Waals surface area (Å²) in [6.07, 6.45) is 6.18. The first-order valence-corrected chi connectivity index (χ1v) is 7.27. The van der Waals surface area contributed by atoms with Crippen molar-refractivity contribution in [3.05, 3.63) is 33.5 Å². The van der Waals surface area contributed by atoms with Gasteiger partial charge in [-0.1, -0.05) is 0 Å². The first-order valence-electron chi connectivity index (χ1n) is 6.45.